The quantitative estimate of drug-likeness (QED) is 0.527. The van der Waals surface area contributed by atoms with Crippen LogP contribution in [0.4, 0.5) is 18.9 Å². The van der Waals surface area contributed by atoms with Gasteiger partial charge in [0.1, 0.15) is 5.69 Å². The molecule has 4 rings (SSSR count). The minimum absolute atomic E-state index is 0.101. The molecule has 32 heavy (non-hydrogen) atoms. The number of para-hydroxylation sites is 1. The Balaban J connectivity index is 1.15. The molecule has 0 atom stereocenters. The molecule has 0 radical (unpaired) electrons. The van der Waals surface area contributed by atoms with Crippen molar-refractivity contribution in [2.45, 2.75) is 19.0 Å². The van der Waals surface area contributed by atoms with Gasteiger partial charge in [0.2, 0.25) is 0 Å². The molecular formula is C24H27F3N4O. The molecule has 2 heterocycles. The number of halogens is 3. The number of benzene rings is 2. The van der Waals surface area contributed by atoms with Crippen LogP contribution in [0.1, 0.15) is 28.9 Å². The third kappa shape index (κ3) is 5.43. The van der Waals surface area contributed by atoms with Crippen LogP contribution in [0.5, 0.6) is 0 Å². The van der Waals surface area contributed by atoms with Gasteiger partial charge in [0, 0.05) is 49.3 Å². The molecule has 1 aliphatic heterocycles. The summed E-state index contributed by atoms with van der Waals surface area (Å²) in [6.45, 7) is 4.57. The number of fused-ring (bicyclic) bond motifs is 1. The lowest BCUT2D eigenvalue weighted by molar-refractivity contribution is -0.137. The Kier molecular flexibility index (Phi) is 6.69. The number of aromatic nitrogens is 1. The van der Waals surface area contributed by atoms with Gasteiger partial charge in [-0.1, -0.05) is 24.3 Å². The number of hydrogen-bond acceptors (Lipinski definition) is 3. The topological polar surface area (TPSA) is 51.4 Å². The van der Waals surface area contributed by atoms with E-state index in [9.17, 15) is 18.0 Å². The third-order valence-electron chi connectivity index (χ3n) is 5.87. The molecular weight excluding hydrogens is 417 g/mol. The normalized spacial score (nSPS) is 15.3. The molecule has 3 aromatic rings. The number of H-pyrrole nitrogens is 1. The van der Waals surface area contributed by atoms with E-state index in [4.69, 9.17) is 0 Å². The summed E-state index contributed by atoms with van der Waals surface area (Å²) >= 11 is 0. The Bertz CT molecular complexity index is 1020. The Labute approximate surface area is 185 Å². The number of hydrogen-bond donors (Lipinski definition) is 2. The van der Waals surface area contributed by atoms with Gasteiger partial charge >= 0.3 is 6.18 Å². The number of nitrogens with one attached hydrogen (secondary N) is 2. The first-order valence-corrected chi connectivity index (χ1v) is 10.9. The Hall–Kier alpha value is -3.00. The summed E-state index contributed by atoms with van der Waals surface area (Å²) in [7, 11) is 0. The van der Waals surface area contributed by atoms with Crippen LogP contribution in [0.15, 0.2) is 54.6 Å². The van der Waals surface area contributed by atoms with Gasteiger partial charge in [-0.15, -0.1) is 0 Å². The van der Waals surface area contributed by atoms with Crippen LogP contribution in [0.25, 0.3) is 10.9 Å². The number of carbonyl (C=O) groups excluding carboxylic acids is 1. The molecule has 1 aliphatic rings. The highest BCUT2D eigenvalue weighted by Crippen LogP contribution is 2.31. The number of unbranched alkanes of at least 4 members (excludes halogenated alkanes) is 1. The van der Waals surface area contributed by atoms with Crippen molar-refractivity contribution in [2.75, 3.05) is 44.2 Å². The summed E-state index contributed by atoms with van der Waals surface area (Å²) in [5, 5.41) is 3.97. The van der Waals surface area contributed by atoms with E-state index in [1.807, 2.05) is 35.2 Å². The van der Waals surface area contributed by atoms with Crippen molar-refractivity contribution in [1.82, 2.24) is 15.2 Å². The SMILES string of the molecule is O=C(NCCCCN1CCN(c2cccc(C(F)(F)F)c2)CC1)c1cc2ccccc2[nH]1. The van der Waals surface area contributed by atoms with Gasteiger partial charge in [-0.05, 0) is 49.7 Å². The molecule has 2 N–H and O–H groups in total. The van der Waals surface area contributed by atoms with E-state index < -0.39 is 11.7 Å². The first-order valence-electron chi connectivity index (χ1n) is 10.9. The van der Waals surface area contributed by atoms with Gasteiger partial charge in [0.15, 0.2) is 0 Å². The van der Waals surface area contributed by atoms with E-state index >= 15 is 0 Å². The van der Waals surface area contributed by atoms with Crippen LogP contribution < -0.4 is 10.2 Å². The number of rotatable bonds is 7. The van der Waals surface area contributed by atoms with Crippen LogP contribution in [0.3, 0.4) is 0 Å². The lowest BCUT2D eigenvalue weighted by atomic mass is 10.1. The summed E-state index contributed by atoms with van der Waals surface area (Å²) in [5.74, 6) is -0.101. The average molecular weight is 445 g/mol. The molecule has 0 saturated carbocycles. The highest BCUT2D eigenvalue weighted by atomic mass is 19.4. The molecule has 5 nitrogen and oxygen atoms in total. The Morgan fingerprint density at radius 2 is 1.75 bits per heavy atom. The summed E-state index contributed by atoms with van der Waals surface area (Å²) < 4.78 is 38.8. The van der Waals surface area contributed by atoms with Gasteiger partial charge < -0.3 is 15.2 Å². The van der Waals surface area contributed by atoms with E-state index in [0.717, 1.165) is 49.4 Å². The first kappa shape index (κ1) is 22.2. The van der Waals surface area contributed by atoms with Crippen molar-refractivity contribution >= 4 is 22.5 Å². The zero-order valence-electron chi connectivity index (χ0n) is 17.8. The fraction of sp³-hybridized carbons (Fsp3) is 0.375. The predicted molar refractivity (Wildman–Crippen MR) is 120 cm³/mol. The highest BCUT2D eigenvalue weighted by Gasteiger charge is 2.31. The maximum Gasteiger partial charge on any atom is 0.416 e. The number of carbonyl (C=O) groups is 1. The van der Waals surface area contributed by atoms with Crippen molar-refractivity contribution in [3.05, 3.63) is 65.9 Å². The van der Waals surface area contributed by atoms with E-state index in [0.29, 0.717) is 31.0 Å². The van der Waals surface area contributed by atoms with E-state index in [-0.39, 0.29) is 5.91 Å². The van der Waals surface area contributed by atoms with Gasteiger partial charge in [-0.25, -0.2) is 0 Å². The van der Waals surface area contributed by atoms with Gasteiger partial charge in [0.25, 0.3) is 5.91 Å². The Morgan fingerprint density at radius 3 is 2.50 bits per heavy atom. The van der Waals surface area contributed by atoms with Crippen LogP contribution in [-0.4, -0.2) is 55.1 Å². The highest BCUT2D eigenvalue weighted by molar-refractivity contribution is 5.97. The van der Waals surface area contributed by atoms with Crippen molar-refractivity contribution in [3.8, 4) is 0 Å². The second kappa shape index (κ2) is 9.65. The van der Waals surface area contributed by atoms with Crippen molar-refractivity contribution in [3.63, 3.8) is 0 Å². The number of amides is 1. The molecule has 1 saturated heterocycles. The second-order valence-electron chi connectivity index (χ2n) is 8.11. The van der Waals surface area contributed by atoms with Crippen molar-refractivity contribution in [1.29, 1.82) is 0 Å². The first-order chi connectivity index (χ1) is 15.4. The molecule has 1 fully saturated rings. The maximum atomic E-state index is 12.9. The molecule has 0 aliphatic carbocycles. The lowest BCUT2D eigenvalue weighted by Crippen LogP contribution is -2.46. The summed E-state index contributed by atoms with van der Waals surface area (Å²) in [6, 6.07) is 15.2. The third-order valence-corrected chi connectivity index (χ3v) is 5.87. The number of anilines is 1. The summed E-state index contributed by atoms with van der Waals surface area (Å²) in [6.07, 6.45) is -2.49. The zero-order valence-corrected chi connectivity index (χ0v) is 17.8. The lowest BCUT2D eigenvalue weighted by Gasteiger charge is -2.36. The molecule has 0 spiro atoms. The minimum Gasteiger partial charge on any atom is -0.369 e. The maximum absolute atomic E-state index is 12.9. The van der Waals surface area contributed by atoms with Crippen LogP contribution in [0.2, 0.25) is 0 Å². The Morgan fingerprint density at radius 1 is 0.969 bits per heavy atom. The number of nitrogens with zero attached hydrogens (tertiary/aromatic N) is 2. The molecule has 1 amide bonds. The number of aromatic amines is 1. The van der Waals surface area contributed by atoms with E-state index in [1.165, 1.54) is 12.1 Å². The smallest absolute Gasteiger partial charge is 0.369 e. The van der Waals surface area contributed by atoms with E-state index in [2.05, 4.69) is 15.2 Å². The monoisotopic (exact) mass is 444 g/mol. The predicted octanol–water partition coefficient (Wildman–Crippen LogP) is 4.52. The molecule has 2 aromatic carbocycles. The average Bonchev–Trinajstić information content (AvgIpc) is 3.23. The van der Waals surface area contributed by atoms with Gasteiger partial charge in [0.05, 0.1) is 5.56 Å². The van der Waals surface area contributed by atoms with Crippen LogP contribution in [-0.2, 0) is 6.18 Å². The van der Waals surface area contributed by atoms with E-state index in [1.54, 1.807) is 6.07 Å². The second-order valence-corrected chi connectivity index (χ2v) is 8.11. The van der Waals surface area contributed by atoms with Gasteiger partial charge in [-0.3, -0.25) is 9.69 Å². The standard InChI is InChI=1S/C24H27F3N4O/c25-24(26,27)19-7-5-8-20(17-19)31-14-12-30(13-15-31)11-4-3-10-28-23(32)22-16-18-6-1-2-9-21(18)29-22/h1-2,5-9,16-17,29H,3-4,10-15H2,(H,28,32). The van der Waals surface area contributed by atoms with Crippen LogP contribution in [0, 0.1) is 0 Å². The zero-order chi connectivity index (χ0) is 22.6. The minimum atomic E-state index is -4.32. The van der Waals surface area contributed by atoms with Crippen molar-refractivity contribution in [2.24, 2.45) is 0 Å². The number of alkyl halides is 3. The van der Waals surface area contributed by atoms with Gasteiger partial charge in [-0.2, -0.15) is 13.2 Å². The summed E-state index contributed by atoms with van der Waals surface area (Å²) in [4.78, 5) is 19.8. The summed E-state index contributed by atoms with van der Waals surface area (Å²) in [5.41, 5.74) is 1.53. The fourth-order valence-corrected chi connectivity index (χ4v) is 4.06. The largest absolute Gasteiger partial charge is 0.416 e. The fourth-order valence-electron chi connectivity index (χ4n) is 4.06. The van der Waals surface area contributed by atoms with Crippen molar-refractivity contribution < 1.29 is 18.0 Å². The molecule has 0 unspecified atom stereocenters. The molecule has 1 aromatic heterocycles. The molecule has 170 valence electrons. The molecule has 0 bridgehead atoms. The molecule has 8 heteroatoms. The number of piperazine rings is 1. The van der Waals surface area contributed by atoms with Crippen LogP contribution >= 0.6 is 0 Å².